The molecule has 19 heavy (non-hydrogen) atoms. The zero-order chi connectivity index (χ0) is 13.8. The molecule has 0 spiro atoms. The van der Waals surface area contributed by atoms with E-state index in [1.807, 2.05) is 0 Å². The van der Waals surface area contributed by atoms with E-state index in [9.17, 15) is 0 Å². The number of unbranched alkanes of at least 4 members (excludes halogenated alkanes) is 1. The molecule has 2 heterocycles. The number of thiophene rings is 1. The van der Waals surface area contributed by atoms with Crippen LogP contribution in [-0.4, -0.2) is 28.9 Å². The zero-order valence-corrected chi connectivity index (χ0v) is 13.3. The molecule has 0 aliphatic heterocycles. The predicted octanol–water partition coefficient (Wildman–Crippen LogP) is 4.15. The van der Waals surface area contributed by atoms with Gasteiger partial charge < -0.3 is 4.90 Å². The first-order chi connectivity index (χ1) is 9.19. The highest BCUT2D eigenvalue weighted by Gasteiger charge is 2.16. The van der Waals surface area contributed by atoms with Gasteiger partial charge in [-0.2, -0.15) is 0 Å². The van der Waals surface area contributed by atoms with Gasteiger partial charge in [-0.05, 0) is 25.8 Å². The van der Waals surface area contributed by atoms with Crippen molar-refractivity contribution in [1.82, 2.24) is 9.97 Å². The Morgan fingerprint density at radius 3 is 2.74 bits per heavy atom. The molecule has 0 fully saturated rings. The lowest BCUT2D eigenvalue weighted by atomic mass is 10.2. The van der Waals surface area contributed by atoms with Crippen molar-refractivity contribution in [2.75, 3.05) is 23.9 Å². The number of aromatic nitrogens is 2. The number of alkyl halides is 1. The fourth-order valence-corrected chi connectivity index (χ4v) is 3.37. The van der Waals surface area contributed by atoms with Crippen molar-refractivity contribution < 1.29 is 0 Å². The lowest BCUT2D eigenvalue weighted by molar-refractivity contribution is 0.727. The van der Waals surface area contributed by atoms with E-state index < -0.39 is 0 Å². The van der Waals surface area contributed by atoms with E-state index in [1.54, 1.807) is 17.7 Å². The van der Waals surface area contributed by atoms with E-state index in [4.69, 9.17) is 11.6 Å². The van der Waals surface area contributed by atoms with Gasteiger partial charge in [0, 0.05) is 23.8 Å². The van der Waals surface area contributed by atoms with Gasteiger partial charge in [-0.1, -0.05) is 13.3 Å². The minimum Gasteiger partial charge on any atom is -0.355 e. The summed E-state index contributed by atoms with van der Waals surface area (Å²) in [6, 6.07) is 0. The summed E-state index contributed by atoms with van der Waals surface area (Å²) in [5.74, 6) is 1.66. The van der Waals surface area contributed by atoms with Crippen LogP contribution in [0.3, 0.4) is 0 Å². The van der Waals surface area contributed by atoms with Crippen LogP contribution in [0.25, 0.3) is 10.2 Å². The molecule has 0 aliphatic rings. The average molecular weight is 298 g/mol. The van der Waals surface area contributed by atoms with E-state index in [0.717, 1.165) is 30.2 Å². The van der Waals surface area contributed by atoms with Crippen molar-refractivity contribution in [3.05, 3.63) is 16.8 Å². The van der Waals surface area contributed by atoms with E-state index in [2.05, 4.69) is 35.6 Å². The van der Waals surface area contributed by atoms with Crippen molar-refractivity contribution >= 4 is 39.0 Å². The second-order valence-corrected chi connectivity index (χ2v) is 6.27. The number of fused-ring (bicyclic) bond motifs is 1. The summed E-state index contributed by atoms with van der Waals surface area (Å²) in [6.45, 7) is 8.34. The lowest BCUT2D eigenvalue weighted by Crippen LogP contribution is -2.27. The van der Waals surface area contributed by atoms with Crippen molar-refractivity contribution in [3.8, 4) is 0 Å². The molecule has 2 aromatic rings. The molecule has 0 amide bonds. The minimum atomic E-state index is 0.622. The van der Waals surface area contributed by atoms with Gasteiger partial charge in [-0.3, -0.25) is 0 Å². The summed E-state index contributed by atoms with van der Waals surface area (Å²) in [5.41, 5.74) is 1.30. The second kappa shape index (κ2) is 6.53. The summed E-state index contributed by atoms with van der Waals surface area (Å²) in [6.07, 6.45) is 4.00. The van der Waals surface area contributed by atoms with Crippen LogP contribution in [0.2, 0.25) is 0 Å². The Bertz CT molecular complexity index is 553. The average Bonchev–Trinajstić information content (AvgIpc) is 2.70. The van der Waals surface area contributed by atoms with E-state index in [1.165, 1.54) is 22.2 Å². The first-order valence-corrected chi connectivity index (χ1v) is 8.05. The van der Waals surface area contributed by atoms with E-state index in [-0.39, 0.29) is 0 Å². The SMILES string of the molecule is CCCCN(CCCl)c1ncnc2sc(C)c(C)c12. The van der Waals surface area contributed by atoms with E-state index in [0.29, 0.717) is 5.88 Å². The highest BCUT2D eigenvalue weighted by Crippen LogP contribution is 2.34. The second-order valence-electron chi connectivity index (χ2n) is 4.69. The summed E-state index contributed by atoms with van der Waals surface area (Å²) < 4.78 is 0. The third kappa shape index (κ3) is 3.00. The third-order valence-electron chi connectivity index (χ3n) is 3.38. The number of aryl methyl sites for hydroxylation is 2. The first-order valence-electron chi connectivity index (χ1n) is 6.70. The van der Waals surface area contributed by atoms with E-state index >= 15 is 0 Å². The molecular weight excluding hydrogens is 278 g/mol. The Balaban J connectivity index is 2.46. The molecule has 104 valence electrons. The van der Waals surface area contributed by atoms with Crippen molar-refractivity contribution in [3.63, 3.8) is 0 Å². The number of anilines is 1. The summed E-state index contributed by atoms with van der Waals surface area (Å²) in [7, 11) is 0. The van der Waals surface area contributed by atoms with Gasteiger partial charge in [0.15, 0.2) is 0 Å². The van der Waals surface area contributed by atoms with Gasteiger partial charge in [0.25, 0.3) is 0 Å². The van der Waals surface area contributed by atoms with Gasteiger partial charge in [0.1, 0.15) is 17.0 Å². The molecule has 0 radical (unpaired) electrons. The number of hydrogen-bond donors (Lipinski definition) is 0. The maximum absolute atomic E-state index is 5.94. The van der Waals surface area contributed by atoms with Crippen molar-refractivity contribution in [1.29, 1.82) is 0 Å². The molecule has 0 N–H and O–H groups in total. The molecule has 0 atom stereocenters. The molecule has 0 aliphatic carbocycles. The Hall–Kier alpha value is -0.870. The van der Waals surface area contributed by atoms with Crippen LogP contribution in [0.1, 0.15) is 30.2 Å². The molecule has 0 saturated heterocycles. The fraction of sp³-hybridized carbons (Fsp3) is 0.571. The molecular formula is C14H20ClN3S. The van der Waals surface area contributed by atoms with Crippen molar-refractivity contribution in [2.45, 2.75) is 33.6 Å². The fourth-order valence-electron chi connectivity index (χ4n) is 2.18. The third-order valence-corrected chi connectivity index (χ3v) is 4.67. The topological polar surface area (TPSA) is 29.0 Å². The van der Waals surface area contributed by atoms with Crippen LogP contribution in [-0.2, 0) is 0 Å². The molecule has 2 rings (SSSR count). The largest absolute Gasteiger partial charge is 0.355 e. The highest BCUT2D eigenvalue weighted by atomic mass is 35.5. The monoisotopic (exact) mass is 297 g/mol. The minimum absolute atomic E-state index is 0.622. The van der Waals surface area contributed by atoms with Crippen molar-refractivity contribution in [2.24, 2.45) is 0 Å². The predicted molar refractivity (Wildman–Crippen MR) is 84.7 cm³/mol. The van der Waals surface area contributed by atoms with Gasteiger partial charge >= 0.3 is 0 Å². The number of hydrogen-bond acceptors (Lipinski definition) is 4. The van der Waals surface area contributed by atoms with Crippen LogP contribution in [0.4, 0.5) is 5.82 Å². The quantitative estimate of drug-likeness (QED) is 0.750. The van der Waals surface area contributed by atoms with Gasteiger partial charge in [-0.15, -0.1) is 22.9 Å². The normalized spacial score (nSPS) is 11.2. The van der Waals surface area contributed by atoms with Crippen LogP contribution < -0.4 is 4.90 Å². The number of halogens is 1. The molecule has 5 heteroatoms. The Morgan fingerprint density at radius 2 is 2.05 bits per heavy atom. The Labute approximate surface area is 123 Å². The van der Waals surface area contributed by atoms with Crippen LogP contribution >= 0.6 is 22.9 Å². The van der Waals surface area contributed by atoms with Gasteiger partial charge in [-0.25, -0.2) is 9.97 Å². The van der Waals surface area contributed by atoms with Crippen LogP contribution in [0.5, 0.6) is 0 Å². The highest BCUT2D eigenvalue weighted by molar-refractivity contribution is 7.18. The lowest BCUT2D eigenvalue weighted by Gasteiger charge is -2.23. The van der Waals surface area contributed by atoms with Gasteiger partial charge in [0.05, 0.1) is 5.39 Å². The molecule has 0 unspecified atom stereocenters. The molecule has 0 aromatic carbocycles. The molecule has 0 bridgehead atoms. The molecule has 2 aromatic heterocycles. The molecule has 0 saturated carbocycles. The Morgan fingerprint density at radius 1 is 1.26 bits per heavy atom. The molecule has 3 nitrogen and oxygen atoms in total. The number of rotatable bonds is 6. The maximum atomic E-state index is 5.94. The first kappa shape index (κ1) is 14.5. The van der Waals surface area contributed by atoms with Crippen LogP contribution in [0, 0.1) is 13.8 Å². The van der Waals surface area contributed by atoms with Crippen LogP contribution in [0.15, 0.2) is 6.33 Å². The zero-order valence-electron chi connectivity index (χ0n) is 11.7. The summed E-state index contributed by atoms with van der Waals surface area (Å²) in [5, 5.41) is 1.20. The Kier molecular flexibility index (Phi) is 4.99. The smallest absolute Gasteiger partial charge is 0.141 e. The standard InChI is InChI=1S/C14H20ClN3S/c1-4-5-7-18(8-6-15)13-12-10(2)11(3)19-14(12)17-9-16-13/h9H,4-8H2,1-3H3. The van der Waals surface area contributed by atoms with Gasteiger partial charge in [0.2, 0.25) is 0 Å². The summed E-state index contributed by atoms with van der Waals surface area (Å²) in [4.78, 5) is 13.6. The summed E-state index contributed by atoms with van der Waals surface area (Å²) >= 11 is 7.68. The number of nitrogens with zero attached hydrogens (tertiary/aromatic N) is 3. The maximum Gasteiger partial charge on any atom is 0.141 e.